The number of rotatable bonds is 7. The summed E-state index contributed by atoms with van der Waals surface area (Å²) in [6.45, 7) is 11.6. The highest BCUT2D eigenvalue weighted by Gasteiger charge is 2.10. The number of hydrogen-bond acceptors (Lipinski definition) is 2. The molecule has 0 N–H and O–H groups in total. The van der Waals surface area contributed by atoms with E-state index in [0.29, 0.717) is 18.3 Å². The average molecular weight is 220 g/mol. The van der Waals surface area contributed by atoms with E-state index < -0.39 is 0 Å². The molecule has 0 fully saturated rings. The van der Waals surface area contributed by atoms with Gasteiger partial charge < -0.3 is 4.90 Å². The van der Waals surface area contributed by atoms with Gasteiger partial charge in [-0.25, -0.2) is 0 Å². The van der Waals surface area contributed by atoms with Crippen LogP contribution in [0.5, 0.6) is 0 Å². The van der Waals surface area contributed by atoms with Gasteiger partial charge in [0, 0.05) is 26.1 Å². The van der Waals surface area contributed by atoms with Crippen LogP contribution in [0.1, 0.15) is 34.1 Å². The van der Waals surface area contributed by atoms with Gasteiger partial charge in [0.1, 0.15) is 0 Å². The largest absolute Gasteiger partial charge is 0.302 e. The minimum atomic E-state index is -0.234. The van der Waals surface area contributed by atoms with Crippen LogP contribution in [0.4, 0.5) is 0 Å². The number of carbonyl (C=O) groups is 1. The average Bonchev–Trinajstić information content (AvgIpc) is 1.97. The fourth-order valence-electron chi connectivity index (χ4n) is 1.54. The van der Waals surface area contributed by atoms with Gasteiger partial charge in [0.05, 0.1) is 0 Å². The van der Waals surface area contributed by atoms with Crippen LogP contribution in [-0.2, 0) is 4.79 Å². The molecule has 0 aromatic heterocycles. The fourth-order valence-corrected chi connectivity index (χ4v) is 1.62. The summed E-state index contributed by atoms with van der Waals surface area (Å²) in [6, 6.07) is 0. The Bertz CT molecular complexity index is 159. The summed E-state index contributed by atoms with van der Waals surface area (Å²) in [7, 11) is 0. The third-order valence-electron chi connectivity index (χ3n) is 1.87. The van der Waals surface area contributed by atoms with E-state index >= 15 is 0 Å². The SMILES string of the molecule is CC(C)CN(CCC(=O)Cl)CC(C)C. The van der Waals surface area contributed by atoms with Gasteiger partial charge in [-0.05, 0) is 23.4 Å². The Hall–Kier alpha value is -0.0800. The number of halogens is 1. The molecule has 14 heavy (non-hydrogen) atoms. The first kappa shape index (κ1) is 13.9. The van der Waals surface area contributed by atoms with Crippen LogP contribution < -0.4 is 0 Å². The molecule has 0 aliphatic rings. The topological polar surface area (TPSA) is 20.3 Å². The van der Waals surface area contributed by atoms with Crippen molar-refractivity contribution in [2.75, 3.05) is 19.6 Å². The second-order valence-electron chi connectivity index (χ2n) is 4.65. The van der Waals surface area contributed by atoms with Gasteiger partial charge in [0.2, 0.25) is 5.24 Å². The maximum Gasteiger partial charge on any atom is 0.222 e. The van der Waals surface area contributed by atoms with E-state index in [0.717, 1.165) is 19.6 Å². The molecule has 0 aromatic carbocycles. The summed E-state index contributed by atoms with van der Waals surface area (Å²) < 4.78 is 0. The molecule has 0 heterocycles. The molecule has 0 bridgehead atoms. The lowest BCUT2D eigenvalue weighted by molar-refractivity contribution is -0.112. The predicted molar refractivity (Wildman–Crippen MR) is 61.6 cm³/mol. The predicted octanol–water partition coefficient (Wildman–Crippen LogP) is 2.76. The van der Waals surface area contributed by atoms with E-state index in [2.05, 4.69) is 32.6 Å². The van der Waals surface area contributed by atoms with Gasteiger partial charge >= 0.3 is 0 Å². The Labute approximate surface area is 92.6 Å². The zero-order valence-corrected chi connectivity index (χ0v) is 10.5. The Balaban J connectivity index is 3.90. The van der Waals surface area contributed by atoms with Crippen molar-refractivity contribution >= 4 is 16.8 Å². The molecule has 0 amide bonds. The molecule has 0 spiro atoms. The van der Waals surface area contributed by atoms with Gasteiger partial charge in [-0.1, -0.05) is 27.7 Å². The maximum atomic E-state index is 10.7. The number of carbonyl (C=O) groups excluding carboxylic acids is 1. The van der Waals surface area contributed by atoms with Crippen LogP contribution in [0, 0.1) is 11.8 Å². The molecule has 0 aliphatic heterocycles. The van der Waals surface area contributed by atoms with E-state index in [1.807, 2.05) is 0 Å². The smallest absolute Gasteiger partial charge is 0.222 e. The van der Waals surface area contributed by atoms with Crippen LogP contribution >= 0.6 is 11.6 Å². The highest BCUT2D eigenvalue weighted by molar-refractivity contribution is 6.63. The molecule has 0 atom stereocenters. The molecule has 0 saturated heterocycles. The highest BCUT2D eigenvalue weighted by Crippen LogP contribution is 2.05. The normalized spacial score (nSPS) is 11.7. The van der Waals surface area contributed by atoms with Crippen molar-refractivity contribution in [1.82, 2.24) is 4.90 Å². The zero-order valence-electron chi connectivity index (χ0n) is 9.72. The summed E-state index contributed by atoms with van der Waals surface area (Å²) in [4.78, 5) is 13.0. The van der Waals surface area contributed by atoms with Crippen molar-refractivity contribution in [3.63, 3.8) is 0 Å². The lowest BCUT2D eigenvalue weighted by Crippen LogP contribution is -2.32. The first-order valence-electron chi connectivity index (χ1n) is 5.32. The van der Waals surface area contributed by atoms with Crippen molar-refractivity contribution in [2.45, 2.75) is 34.1 Å². The zero-order chi connectivity index (χ0) is 11.1. The molecule has 2 nitrogen and oxygen atoms in total. The fraction of sp³-hybridized carbons (Fsp3) is 0.909. The summed E-state index contributed by atoms with van der Waals surface area (Å²) in [5, 5.41) is -0.234. The van der Waals surface area contributed by atoms with Crippen LogP contribution in [-0.4, -0.2) is 29.8 Å². The molecular formula is C11H22ClNO. The Morgan fingerprint density at radius 3 is 1.86 bits per heavy atom. The monoisotopic (exact) mass is 219 g/mol. The van der Waals surface area contributed by atoms with Crippen LogP contribution in [0.25, 0.3) is 0 Å². The first-order valence-corrected chi connectivity index (χ1v) is 5.70. The van der Waals surface area contributed by atoms with Crippen LogP contribution in [0.15, 0.2) is 0 Å². The lowest BCUT2D eigenvalue weighted by atomic mass is 10.1. The summed E-state index contributed by atoms with van der Waals surface area (Å²) in [5.41, 5.74) is 0. The van der Waals surface area contributed by atoms with Gasteiger partial charge in [0.25, 0.3) is 0 Å². The molecule has 0 aromatic rings. The first-order chi connectivity index (χ1) is 6.41. The van der Waals surface area contributed by atoms with Gasteiger partial charge in [-0.2, -0.15) is 0 Å². The van der Waals surface area contributed by atoms with E-state index in [4.69, 9.17) is 11.6 Å². The molecular weight excluding hydrogens is 198 g/mol. The van der Waals surface area contributed by atoms with Gasteiger partial charge in [-0.15, -0.1) is 0 Å². The molecule has 3 heteroatoms. The Kier molecular flexibility index (Phi) is 7.20. The molecule has 0 rings (SSSR count). The molecule has 0 saturated carbocycles. The summed E-state index contributed by atoms with van der Waals surface area (Å²) in [5.74, 6) is 1.28. The summed E-state index contributed by atoms with van der Waals surface area (Å²) in [6.07, 6.45) is 0.459. The molecule has 0 aliphatic carbocycles. The van der Waals surface area contributed by atoms with E-state index in [1.165, 1.54) is 0 Å². The number of nitrogens with zero attached hydrogens (tertiary/aromatic N) is 1. The van der Waals surface area contributed by atoms with Gasteiger partial charge in [0.15, 0.2) is 0 Å². The van der Waals surface area contributed by atoms with Crippen LogP contribution in [0.2, 0.25) is 0 Å². The van der Waals surface area contributed by atoms with Crippen molar-refractivity contribution in [3.05, 3.63) is 0 Å². The van der Waals surface area contributed by atoms with Crippen molar-refractivity contribution in [1.29, 1.82) is 0 Å². The highest BCUT2D eigenvalue weighted by atomic mass is 35.5. The Morgan fingerprint density at radius 2 is 1.57 bits per heavy atom. The van der Waals surface area contributed by atoms with E-state index in [9.17, 15) is 4.79 Å². The quantitative estimate of drug-likeness (QED) is 0.614. The lowest BCUT2D eigenvalue weighted by Gasteiger charge is -2.25. The van der Waals surface area contributed by atoms with Crippen molar-refractivity contribution in [3.8, 4) is 0 Å². The standard InChI is InChI=1S/C11H22ClNO/c1-9(2)7-13(8-10(3)4)6-5-11(12)14/h9-10H,5-8H2,1-4H3. The summed E-state index contributed by atoms with van der Waals surface area (Å²) >= 11 is 5.33. The van der Waals surface area contributed by atoms with Crippen molar-refractivity contribution < 1.29 is 4.79 Å². The van der Waals surface area contributed by atoms with Crippen LogP contribution in [0.3, 0.4) is 0 Å². The molecule has 0 unspecified atom stereocenters. The minimum absolute atomic E-state index is 0.234. The number of hydrogen-bond donors (Lipinski definition) is 0. The molecule has 84 valence electrons. The third kappa shape index (κ3) is 8.52. The van der Waals surface area contributed by atoms with E-state index in [-0.39, 0.29) is 5.24 Å². The van der Waals surface area contributed by atoms with Gasteiger partial charge in [-0.3, -0.25) is 4.79 Å². The molecule has 0 radical (unpaired) electrons. The maximum absolute atomic E-state index is 10.7. The second kappa shape index (κ2) is 7.24. The van der Waals surface area contributed by atoms with Crippen molar-refractivity contribution in [2.24, 2.45) is 11.8 Å². The Morgan fingerprint density at radius 1 is 1.14 bits per heavy atom. The second-order valence-corrected chi connectivity index (χ2v) is 5.07. The van der Waals surface area contributed by atoms with E-state index in [1.54, 1.807) is 0 Å². The minimum Gasteiger partial charge on any atom is -0.302 e. The third-order valence-corrected chi connectivity index (χ3v) is 2.06.